The molecule has 7 heteroatoms. The van der Waals surface area contributed by atoms with E-state index in [-0.39, 0.29) is 5.15 Å². The lowest BCUT2D eigenvalue weighted by Gasteiger charge is -2.08. The van der Waals surface area contributed by atoms with Crippen molar-refractivity contribution >= 4 is 57.1 Å². The quantitative estimate of drug-likeness (QED) is 0.333. The molecule has 1 heterocycles. The van der Waals surface area contributed by atoms with Crippen molar-refractivity contribution in [2.24, 2.45) is 5.10 Å². The van der Waals surface area contributed by atoms with Crippen LogP contribution in [0.3, 0.4) is 0 Å². The van der Waals surface area contributed by atoms with Crippen molar-refractivity contribution in [3.8, 4) is 5.75 Å². The highest BCUT2D eigenvalue weighted by atomic mass is 35.5. The topological polar surface area (TPSA) is 46.5 Å². The van der Waals surface area contributed by atoms with Gasteiger partial charge in [0.1, 0.15) is 10.9 Å². The van der Waals surface area contributed by atoms with Gasteiger partial charge < -0.3 is 4.74 Å². The van der Waals surface area contributed by atoms with Gasteiger partial charge in [-0.05, 0) is 47.5 Å². The van der Waals surface area contributed by atoms with Gasteiger partial charge in [-0.2, -0.15) is 5.10 Å². The highest BCUT2D eigenvalue weighted by Gasteiger charge is 2.08. The van der Waals surface area contributed by atoms with Gasteiger partial charge in [0, 0.05) is 0 Å². The molecule has 0 fully saturated rings. The van der Waals surface area contributed by atoms with Crippen LogP contribution in [0.4, 0.5) is 5.82 Å². The summed E-state index contributed by atoms with van der Waals surface area (Å²) >= 11 is 17.9. The molecule has 0 spiro atoms. The highest BCUT2D eigenvalue weighted by molar-refractivity contribution is 6.42. The number of methoxy groups -OCH3 is 1. The second-order valence-corrected chi connectivity index (χ2v) is 6.50. The predicted molar refractivity (Wildman–Crippen MR) is 106 cm³/mol. The maximum absolute atomic E-state index is 6.09. The number of benzene rings is 2. The first kappa shape index (κ1) is 17.8. The number of pyridine rings is 1. The first-order chi connectivity index (χ1) is 12.0. The average Bonchev–Trinajstić information content (AvgIpc) is 2.62. The first-order valence-corrected chi connectivity index (χ1v) is 8.51. The molecule has 3 rings (SSSR count). The number of rotatable bonds is 4. The highest BCUT2D eigenvalue weighted by Crippen LogP contribution is 2.29. The van der Waals surface area contributed by atoms with Gasteiger partial charge in [-0.1, -0.05) is 53.0 Å². The van der Waals surface area contributed by atoms with E-state index in [0.717, 1.165) is 27.8 Å². The van der Waals surface area contributed by atoms with Crippen molar-refractivity contribution in [2.45, 2.75) is 6.92 Å². The van der Waals surface area contributed by atoms with Gasteiger partial charge in [-0.15, -0.1) is 0 Å². The standard InChI is InChI=1S/C18H14Cl3N3O/c1-10(23-24-18-16(20)9-15(19)17(21)22-18)11-3-4-13-8-14(25-2)6-5-12(13)7-11/h3-9H,1-2H3,(H,22,24)/b23-10-. The van der Waals surface area contributed by atoms with Gasteiger partial charge in [-0.3, -0.25) is 5.43 Å². The fourth-order valence-electron chi connectivity index (χ4n) is 2.30. The van der Waals surface area contributed by atoms with Crippen LogP contribution in [0, 0.1) is 0 Å². The number of hydrogen-bond donors (Lipinski definition) is 1. The Morgan fingerprint density at radius 1 is 1.00 bits per heavy atom. The lowest BCUT2D eigenvalue weighted by Crippen LogP contribution is -2.01. The Morgan fingerprint density at radius 3 is 2.48 bits per heavy atom. The summed E-state index contributed by atoms with van der Waals surface area (Å²) in [5, 5.41) is 7.33. The first-order valence-electron chi connectivity index (χ1n) is 7.38. The maximum atomic E-state index is 6.09. The summed E-state index contributed by atoms with van der Waals surface area (Å²) in [6, 6.07) is 13.5. The third-order valence-electron chi connectivity index (χ3n) is 3.68. The number of nitrogens with one attached hydrogen (secondary N) is 1. The van der Waals surface area contributed by atoms with Crippen molar-refractivity contribution < 1.29 is 4.74 Å². The number of hydrogen-bond acceptors (Lipinski definition) is 4. The molecule has 0 aliphatic carbocycles. The van der Waals surface area contributed by atoms with E-state index < -0.39 is 0 Å². The lowest BCUT2D eigenvalue weighted by molar-refractivity contribution is 0.415. The second-order valence-electron chi connectivity index (χ2n) is 5.33. The molecule has 2 aromatic carbocycles. The summed E-state index contributed by atoms with van der Waals surface area (Å²) in [7, 11) is 1.65. The molecule has 1 N–H and O–H groups in total. The molecule has 25 heavy (non-hydrogen) atoms. The third-order valence-corrected chi connectivity index (χ3v) is 4.64. The second kappa shape index (κ2) is 7.48. The van der Waals surface area contributed by atoms with Crippen LogP contribution in [0.25, 0.3) is 10.8 Å². The summed E-state index contributed by atoms with van der Waals surface area (Å²) in [5.74, 6) is 1.17. The minimum atomic E-state index is 0.168. The van der Waals surface area contributed by atoms with Crippen LogP contribution >= 0.6 is 34.8 Å². The smallest absolute Gasteiger partial charge is 0.166 e. The Balaban J connectivity index is 1.87. The zero-order valence-corrected chi connectivity index (χ0v) is 15.7. The number of anilines is 1. The van der Waals surface area contributed by atoms with Gasteiger partial charge in [0.05, 0.1) is 22.9 Å². The Hall–Kier alpha value is -2.01. The fraction of sp³-hybridized carbons (Fsp3) is 0.111. The molecule has 0 aliphatic heterocycles. The number of hydrazone groups is 1. The summed E-state index contributed by atoms with van der Waals surface area (Å²) in [5.41, 5.74) is 4.58. The van der Waals surface area contributed by atoms with Gasteiger partial charge in [0.15, 0.2) is 5.82 Å². The molecule has 0 atom stereocenters. The van der Waals surface area contributed by atoms with Gasteiger partial charge in [0.25, 0.3) is 0 Å². The number of ether oxygens (including phenoxy) is 1. The zero-order valence-electron chi connectivity index (χ0n) is 13.5. The molecule has 0 unspecified atom stereocenters. The normalized spacial score (nSPS) is 11.6. The average molecular weight is 395 g/mol. The van der Waals surface area contributed by atoms with Crippen molar-refractivity contribution in [3.05, 3.63) is 63.2 Å². The molecule has 4 nitrogen and oxygen atoms in total. The summed E-state index contributed by atoms with van der Waals surface area (Å²) in [6.07, 6.45) is 0. The van der Waals surface area contributed by atoms with Crippen LogP contribution in [0.2, 0.25) is 15.2 Å². The molecular formula is C18H14Cl3N3O. The Bertz CT molecular complexity index is 973. The monoisotopic (exact) mass is 393 g/mol. The van der Waals surface area contributed by atoms with Crippen LogP contribution < -0.4 is 10.2 Å². The lowest BCUT2D eigenvalue weighted by atomic mass is 10.0. The van der Waals surface area contributed by atoms with Crippen molar-refractivity contribution in [1.82, 2.24) is 4.98 Å². The molecule has 0 amide bonds. The molecule has 128 valence electrons. The summed E-state index contributed by atoms with van der Waals surface area (Å²) in [4.78, 5) is 4.08. The van der Waals surface area contributed by atoms with Crippen LogP contribution in [-0.4, -0.2) is 17.8 Å². The molecule has 0 bridgehead atoms. The third kappa shape index (κ3) is 3.98. The fourth-order valence-corrected chi connectivity index (χ4v) is 2.84. The van der Waals surface area contributed by atoms with Crippen LogP contribution in [0.5, 0.6) is 5.75 Å². The van der Waals surface area contributed by atoms with Crippen LogP contribution in [-0.2, 0) is 0 Å². The number of fused-ring (bicyclic) bond motifs is 1. The van der Waals surface area contributed by atoms with E-state index in [2.05, 4.69) is 21.6 Å². The number of nitrogens with zero attached hydrogens (tertiary/aromatic N) is 2. The van der Waals surface area contributed by atoms with Gasteiger partial charge >= 0.3 is 0 Å². The van der Waals surface area contributed by atoms with Crippen molar-refractivity contribution in [3.63, 3.8) is 0 Å². The molecule has 3 aromatic rings. The molecule has 0 saturated carbocycles. The Morgan fingerprint density at radius 2 is 1.72 bits per heavy atom. The molecule has 0 radical (unpaired) electrons. The molecular weight excluding hydrogens is 381 g/mol. The van der Waals surface area contributed by atoms with E-state index in [9.17, 15) is 0 Å². The van der Waals surface area contributed by atoms with E-state index in [1.165, 1.54) is 6.07 Å². The summed E-state index contributed by atoms with van der Waals surface area (Å²) in [6.45, 7) is 1.89. The molecule has 1 aromatic heterocycles. The number of halogens is 3. The van der Waals surface area contributed by atoms with Crippen LogP contribution in [0.15, 0.2) is 47.6 Å². The Kier molecular flexibility index (Phi) is 5.33. The van der Waals surface area contributed by atoms with E-state index in [0.29, 0.717) is 15.9 Å². The SMILES string of the molecule is COc1ccc2cc(/C(C)=N\Nc3nc(Cl)c(Cl)cc3Cl)ccc2c1. The summed E-state index contributed by atoms with van der Waals surface area (Å²) < 4.78 is 5.24. The van der Waals surface area contributed by atoms with Crippen LogP contribution in [0.1, 0.15) is 12.5 Å². The number of aromatic nitrogens is 1. The van der Waals surface area contributed by atoms with Crippen molar-refractivity contribution in [2.75, 3.05) is 12.5 Å². The molecule has 0 aliphatic rings. The minimum absolute atomic E-state index is 0.168. The van der Waals surface area contributed by atoms with E-state index >= 15 is 0 Å². The zero-order chi connectivity index (χ0) is 18.0. The Labute approximate surface area is 160 Å². The van der Waals surface area contributed by atoms with Gasteiger partial charge in [-0.25, -0.2) is 4.98 Å². The largest absolute Gasteiger partial charge is 0.497 e. The van der Waals surface area contributed by atoms with Crippen molar-refractivity contribution in [1.29, 1.82) is 0 Å². The van der Waals surface area contributed by atoms with E-state index in [4.69, 9.17) is 39.5 Å². The minimum Gasteiger partial charge on any atom is -0.497 e. The molecule has 0 saturated heterocycles. The van der Waals surface area contributed by atoms with E-state index in [1.807, 2.05) is 37.3 Å². The van der Waals surface area contributed by atoms with E-state index in [1.54, 1.807) is 7.11 Å². The predicted octanol–water partition coefficient (Wildman–Crippen LogP) is 6.04. The maximum Gasteiger partial charge on any atom is 0.166 e. The van der Waals surface area contributed by atoms with Gasteiger partial charge in [0.2, 0.25) is 0 Å².